The lowest BCUT2D eigenvalue weighted by Crippen LogP contribution is -1.95. The second-order valence-corrected chi connectivity index (χ2v) is 3.02. The third-order valence-electron chi connectivity index (χ3n) is 1.91. The van der Waals surface area contributed by atoms with Crippen LogP contribution < -0.4 is 5.32 Å². The number of anilines is 2. The van der Waals surface area contributed by atoms with Gasteiger partial charge in [-0.15, -0.1) is 0 Å². The molecule has 2 heterocycles. The van der Waals surface area contributed by atoms with Crippen molar-refractivity contribution in [3.8, 4) is 0 Å². The zero-order valence-electron chi connectivity index (χ0n) is 8.20. The minimum atomic E-state index is -0.459. The van der Waals surface area contributed by atoms with Crippen molar-refractivity contribution in [1.29, 1.82) is 0 Å². The monoisotopic (exact) mass is 216 g/mol. The van der Waals surface area contributed by atoms with Gasteiger partial charge in [0.05, 0.1) is 11.0 Å². The summed E-state index contributed by atoms with van der Waals surface area (Å²) >= 11 is 0. The summed E-state index contributed by atoms with van der Waals surface area (Å²) < 4.78 is 0. The van der Waals surface area contributed by atoms with Crippen LogP contribution in [-0.4, -0.2) is 14.9 Å². The Labute approximate surface area is 91.1 Å². The molecule has 0 aliphatic carbocycles. The van der Waals surface area contributed by atoms with Crippen molar-refractivity contribution in [2.45, 2.75) is 0 Å². The van der Waals surface area contributed by atoms with E-state index in [1.807, 2.05) is 0 Å². The van der Waals surface area contributed by atoms with Crippen LogP contribution in [0.4, 0.5) is 17.2 Å². The smallest absolute Gasteiger partial charge is 0.274 e. The van der Waals surface area contributed by atoms with Crippen LogP contribution in [0.5, 0.6) is 0 Å². The van der Waals surface area contributed by atoms with Gasteiger partial charge in [-0.05, 0) is 12.1 Å². The van der Waals surface area contributed by atoms with Crippen LogP contribution in [0.25, 0.3) is 0 Å². The molecule has 0 spiro atoms. The summed E-state index contributed by atoms with van der Waals surface area (Å²) in [6.45, 7) is 0. The molecule has 0 aliphatic heterocycles. The molecule has 2 aromatic heterocycles. The van der Waals surface area contributed by atoms with Crippen LogP contribution in [0.3, 0.4) is 0 Å². The summed E-state index contributed by atoms with van der Waals surface area (Å²) in [5, 5.41) is 13.5. The fourth-order valence-electron chi connectivity index (χ4n) is 1.18. The van der Waals surface area contributed by atoms with Gasteiger partial charge in [-0.3, -0.25) is 15.1 Å². The summed E-state index contributed by atoms with van der Waals surface area (Å²) in [5.41, 5.74) is 0.787. The van der Waals surface area contributed by atoms with Crippen LogP contribution in [0.1, 0.15) is 0 Å². The van der Waals surface area contributed by atoms with E-state index in [2.05, 4.69) is 15.3 Å². The van der Waals surface area contributed by atoms with E-state index in [0.717, 1.165) is 5.69 Å². The number of nitrogens with zero attached hydrogens (tertiary/aromatic N) is 3. The predicted octanol–water partition coefficient (Wildman–Crippen LogP) is 2.13. The highest BCUT2D eigenvalue weighted by atomic mass is 16.6. The highest BCUT2D eigenvalue weighted by Crippen LogP contribution is 2.17. The van der Waals surface area contributed by atoms with E-state index < -0.39 is 4.92 Å². The molecule has 0 unspecified atom stereocenters. The summed E-state index contributed by atoms with van der Waals surface area (Å²) in [6, 6.07) is 6.22. The van der Waals surface area contributed by atoms with Crippen LogP contribution in [0.15, 0.2) is 42.9 Å². The fraction of sp³-hybridized carbons (Fsp3) is 0. The van der Waals surface area contributed by atoms with Crippen molar-refractivity contribution in [2.24, 2.45) is 0 Å². The minimum absolute atomic E-state index is 0.00607. The van der Waals surface area contributed by atoms with Crippen LogP contribution in [0.2, 0.25) is 0 Å². The van der Waals surface area contributed by atoms with Crippen LogP contribution in [0, 0.1) is 10.1 Å². The average Bonchev–Trinajstić information content (AvgIpc) is 2.30. The Balaban J connectivity index is 2.22. The van der Waals surface area contributed by atoms with Crippen molar-refractivity contribution in [3.05, 3.63) is 53.0 Å². The molecule has 0 radical (unpaired) electrons. The number of hydrogen-bond donors (Lipinski definition) is 1. The van der Waals surface area contributed by atoms with Gasteiger partial charge >= 0.3 is 0 Å². The molecule has 16 heavy (non-hydrogen) atoms. The van der Waals surface area contributed by atoms with Crippen molar-refractivity contribution in [1.82, 2.24) is 9.97 Å². The Bertz CT molecular complexity index is 501. The Kier molecular flexibility index (Phi) is 2.73. The molecule has 6 nitrogen and oxygen atoms in total. The molecule has 2 rings (SSSR count). The molecule has 0 amide bonds. The number of rotatable bonds is 3. The largest absolute Gasteiger partial charge is 0.340 e. The van der Waals surface area contributed by atoms with Crippen LogP contribution in [-0.2, 0) is 0 Å². The van der Waals surface area contributed by atoms with E-state index in [1.54, 1.807) is 24.5 Å². The third kappa shape index (κ3) is 2.30. The summed E-state index contributed by atoms with van der Waals surface area (Å²) in [4.78, 5) is 17.9. The molecular weight excluding hydrogens is 208 g/mol. The molecule has 0 fully saturated rings. The molecule has 0 saturated heterocycles. The Hall–Kier alpha value is -2.50. The van der Waals surface area contributed by atoms with Gasteiger partial charge in [0.2, 0.25) is 0 Å². The third-order valence-corrected chi connectivity index (χ3v) is 1.91. The van der Waals surface area contributed by atoms with Gasteiger partial charge in [0, 0.05) is 30.3 Å². The first kappa shape index (κ1) is 10.0. The van der Waals surface area contributed by atoms with Gasteiger partial charge in [0.1, 0.15) is 5.82 Å². The van der Waals surface area contributed by atoms with E-state index in [9.17, 15) is 10.1 Å². The maximum absolute atomic E-state index is 10.5. The Morgan fingerprint density at radius 2 is 1.94 bits per heavy atom. The Morgan fingerprint density at radius 1 is 1.19 bits per heavy atom. The van der Waals surface area contributed by atoms with E-state index in [4.69, 9.17) is 0 Å². The molecule has 0 aromatic carbocycles. The highest BCUT2D eigenvalue weighted by molar-refractivity contribution is 5.57. The van der Waals surface area contributed by atoms with E-state index in [0.29, 0.717) is 5.82 Å². The lowest BCUT2D eigenvalue weighted by Gasteiger charge is -2.03. The predicted molar refractivity (Wildman–Crippen MR) is 58.4 cm³/mol. The first-order chi connectivity index (χ1) is 7.75. The van der Waals surface area contributed by atoms with Crippen molar-refractivity contribution < 1.29 is 4.92 Å². The van der Waals surface area contributed by atoms with Crippen LogP contribution >= 0.6 is 0 Å². The molecule has 0 saturated carbocycles. The topological polar surface area (TPSA) is 81.0 Å². The van der Waals surface area contributed by atoms with E-state index in [-0.39, 0.29) is 5.69 Å². The lowest BCUT2D eigenvalue weighted by atomic mass is 10.3. The highest BCUT2D eigenvalue weighted by Gasteiger charge is 2.06. The second kappa shape index (κ2) is 4.35. The maximum atomic E-state index is 10.5. The summed E-state index contributed by atoms with van der Waals surface area (Å²) in [6.07, 6.45) is 4.64. The number of aromatic nitrogens is 2. The lowest BCUT2D eigenvalue weighted by molar-refractivity contribution is -0.384. The van der Waals surface area contributed by atoms with Crippen molar-refractivity contribution in [2.75, 3.05) is 5.32 Å². The van der Waals surface area contributed by atoms with Gasteiger partial charge in [-0.1, -0.05) is 0 Å². The van der Waals surface area contributed by atoms with Crippen molar-refractivity contribution in [3.63, 3.8) is 0 Å². The zero-order chi connectivity index (χ0) is 11.4. The van der Waals surface area contributed by atoms with Gasteiger partial charge in [-0.25, -0.2) is 4.98 Å². The normalized spacial score (nSPS) is 9.75. The Morgan fingerprint density at radius 3 is 2.62 bits per heavy atom. The average molecular weight is 216 g/mol. The number of pyridine rings is 2. The second-order valence-electron chi connectivity index (χ2n) is 3.02. The molecule has 6 heteroatoms. The van der Waals surface area contributed by atoms with E-state index >= 15 is 0 Å². The van der Waals surface area contributed by atoms with Crippen molar-refractivity contribution >= 4 is 17.2 Å². The molecule has 0 aliphatic rings. The van der Waals surface area contributed by atoms with Gasteiger partial charge in [0.25, 0.3) is 5.69 Å². The molecular formula is C10H8N4O2. The molecule has 1 N–H and O–H groups in total. The summed E-state index contributed by atoms with van der Waals surface area (Å²) in [7, 11) is 0. The molecule has 0 atom stereocenters. The maximum Gasteiger partial charge on any atom is 0.274 e. The quantitative estimate of drug-likeness (QED) is 0.627. The molecule has 80 valence electrons. The first-order valence-electron chi connectivity index (χ1n) is 4.53. The standard InChI is InChI=1S/C10H8N4O2/c15-14(16)9-3-6-12-10(7-9)13-8-1-4-11-5-2-8/h1-7H,(H,11,12,13). The number of hydrogen-bond acceptors (Lipinski definition) is 5. The van der Waals surface area contributed by atoms with Gasteiger partial charge < -0.3 is 5.32 Å². The number of nitro groups is 1. The first-order valence-corrected chi connectivity index (χ1v) is 4.53. The zero-order valence-corrected chi connectivity index (χ0v) is 8.20. The summed E-state index contributed by atoms with van der Waals surface area (Å²) in [5.74, 6) is 0.431. The van der Waals surface area contributed by atoms with E-state index in [1.165, 1.54) is 18.3 Å². The van der Waals surface area contributed by atoms with Gasteiger partial charge in [-0.2, -0.15) is 0 Å². The molecule has 2 aromatic rings. The minimum Gasteiger partial charge on any atom is -0.340 e. The number of nitrogens with one attached hydrogen (secondary N) is 1. The molecule has 0 bridgehead atoms. The SMILES string of the molecule is O=[N+]([O-])c1ccnc(Nc2ccncc2)c1. The van der Waals surface area contributed by atoms with Gasteiger partial charge in [0.15, 0.2) is 0 Å². The fourth-order valence-corrected chi connectivity index (χ4v) is 1.18.